The number of piperidine rings is 1. The van der Waals surface area contributed by atoms with Crippen LogP contribution in [0.5, 0.6) is 0 Å². The van der Waals surface area contributed by atoms with Crippen molar-refractivity contribution in [2.75, 3.05) is 13.1 Å². The number of fused-ring (bicyclic) bond motifs is 1. The van der Waals surface area contributed by atoms with Crippen molar-refractivity contribution in [2.45, 2.75) is 25.8 Å². The van der Waals surface area contributed by atoms with Gasteiger partial charge in [0, 0.05) is 25.5 Å². The van der Waals surface area contributed by atoms with Gasteiger partial charge in [0.1, 0.15) is 6.54 Å². The molecule has 4 rings (SSSR count). The molecule has 0 N–H and O–H groups in total. The van der Waals surface area contributed by atoms with Gasteiger partial charge in [0.15, 0.2) is 0 Å². The summed E-state index contributed by atoms with van der Waals surface area (Å²) in [5.41, 5.74) is 3.20. The topological polar surface area (TPSA) is 51.0 Å². The summed E-state index contributed by atoms with van der Waals surface area (Å²) in [5, 5.41) is 0. The summed E-state index contributed by atoms with van der Waals surface area (Å²) >= 11 is 0. The summed E-state index contributed by atoms with van der Waals surface area (Å²) in [5.74, 6) is 0.695. The monoisotopic (exact) mass is 334 g/mol. The van der Waals surface area contributed by atoms with Crippen molar-refractivity contribution in [1.82, 2.24) is 19.4 Å². The molecule has 3 aromatic rings. The number of para-hydroxylation sites is 2. The Kier molecular flexibility index (Phi) is 4.46. The first-order chi connectivity index (χ1) is 12.3. The highest BCUT2D eigenvalue weighted by molar-refractivity contribution is 5.80. The molecule has 1 saturated heterocycles. The predicted molar refractivity (Wildman–Crippen MR) is 97.0 cm³/mol. The Labute approximate surface area is 147 Å². The van der Waals surface area contributed by atoms with Crippen LogP contribution in [0.25, 0.3) is 11.0 Å². The summed E-state index contributed by atoms with van der Waals surface area (Å²) < 4.78 is 1.95. The highest BCUT2D eigenvalue weighted by Gasteiger charge is 2.24. The van der Waals surface area contributed by atoms with Gasteiger partial charge in [-0.05, 0) is 48.9 Å². The van der Waals surface area contributed by atoms with Gasteiger partial charge in [0.05, 0.1) is 17.4 Å². The maximum atomic E-state index is 12.8. The maximum Gasteiger partial charge on any atom is 0.242 e. The Morgan fingerprint density at radius 1 is 1.20 bits per heavy atom. The molecule has 1 aliphatic rings. The number of hydrogen-bond acceptors (Lipinski definition) is 3. The standard InChI is InChI=1S/C20H22N4O/c25-20(14-24-15-22-18-7-1-2-8-19(18)24)23-10-4-6-17(13-23)11-16-5-3-9-21-12-16/h1-3,5,7-9,12,15,17H,4,6,10-11,13-14H2/t17-/m0/s1. The maximum absolute atomic E-state index is 12.8. The van der Waals surface area contributed by atoms with Crippen LogP contribution in [0.4, 0.5) is 0 Å². The number of rotatable bonds is 4. The van der Waals surface area contributed by atoms with E-state index in [0.717, 1.165) is 37.0 Å². The zero-order chi connectivity index (χ0) is 17.1. The van der Waals surface area contributed by atoms with Crippen LogP contribution >= 0.6 is 0 Å². The number of carbonyl (C=O) groups is 1. The lowest BCUT2D eigenvalue weighted by molar-refractivity contribution is -0.133. The molecule has 0 radical (unpaired) electrons. The third kappa shape index (κ3) is 3.55. The third-order valence-corrected chi connectivity index (χ3v) is 4.95. The normalized spacial score (nSPS) is 17.8. The van der Waals surface area contributed by atoms with E-state index in [9.17, 15) is 4.79 Å². The van der Waals surface area contributed by atoms with Crippen LogP contribution in [0, 0.1) is 5.92 Å². The second-order valence-corrected chi connectivity index (χ2v) is 6.77. The van der Waals surface area contributed by atoms with Gasteiger partial charge in [-0.1, -0.05) is 18.2 Å². The SMILES string of the molecule is O=C(Cn1cnc2ccccc21)N1CCC[C@@H](Cc2cccnc2)C1. The summed E-state index contributed by atoms with van der Waals surface area (Å²) in [7, 11) is 0. The van der Waals surface area contributed by atoms with Crippen molar-refractivity contribution in [3.8, 4) is 0 Å². The van der Waals surface area contributed by atoms with Gasteiger partial charge in [-0.2, -0.15) is 0 Å². The van der Waals surface area contributed by atoms with Crippen LogP contribution in [0.2, 0.25) is 0 Å². The van der Waals surface area contributed by atoms with E-state index in [2.05, 4.69) is 16.0 Å². The first-order valence-corrected chi connectivity index (χ1v) is 8.86. The number of likely N-dealkylation sites (tertiary alicyclic amines) is 1. The smallest absolute Gasteiger partial charge is 0.242 e. The fraction of sp³-hybridized carbons (Fsp3) is 0.350. The van der Waals surface area contributed by atoms with Crippen LogP contribution in [0.1, 0.15) is 18.4 Å². The van der Waals surface area contributed by atoms with Crippen molar-refractivity contribution >= 4 is 16.9 Å². The Morgan fingerprint density at radius 2 is 2.12 bits per heavy atom. The number of nitrogens with zero attached hydrogens (tertiary/aromatic N) is 4. The summed E-state index contributed by atoms with van der Waals surface area (Å²) in [4.78, 5) is 23.4. The largest absolute Gasteiger partial charge is 0.341 e. The average Bonchev–Trinajstić information content (AvgIpc) is 3.06. The van der Waals surface area contributed by atoms with E-state index in [0.29, 0.717) is 12.5 Å². The fourth-order valence-electron chi connectivity index (χ4n) is 3.69. The Balaban J connectivity index is 1.41. The molecule has 0 spiro atoms. The minimum absolute atomic E-state index is 0.180. The number of benzene rings is 1. The minimum atomic E-state index is 0.180. The molecular weight excluding hydrogens is 312 g/mol. The zero-order valence-corrected chi connectivity index (χ0v) is 14.2. The number of carbonyl (C=O) groups excluding carboxylic acids is 1. The van der Waals surface area contributed by atoms with Crippen LogP contribution in [-0.2, 0) is 17.8 Å². The first-order valence-electron chi connectivity index (χ1n) is 8.86. The van der Waals surface area contributed by atoms with Gasteiger partial charge in [-0.25, -0.2) is 4.98 Å². The van der Waals surface area contributed by atoms with Gasteiger partial charge in [0.2, 0.25) is 5.91 Å². The van der Waals surface area contributed by atoms with Gasteiger partial charge < -0.3 is 9.47 Å². The minimum Gasteiger partial charge on any atom is -0.341 e. The number of hydrogen-bond donors (Lipinski definition) is 0. The molecule has 1 fully saturated rings. The molecule has 5 heteroatoms. The van der Waals surface area contributed by atoms with E-state index in [1.807, 2.05) is 46.0 Å². The van der Waals surface area contributed by atoms with Crippen LogP contribution in [-0.4, -0.2) is 38.4 Å². The van der Waals surface area contributed by atoms with Gasteiger partial charge in [-0.3, -0.25) is 9.78 Å². The van der Waals surface area contributed by atoms with Crippen LogP contribution in [0.3, 0.4) is 0 Å². The molecule has 0 aliphatic carbocycles. The number of aromatic nitrogens is 3. The molecule has 1 aromatic carbocycles. The van der Waals surface area contributed by atoms with Crippen molar-refractivity contribution in [3.05, 3.63) is 60.7 Å². The van der Waals surface area contributed by atoms with Crippen LogP contribution < -0.4 is 0 Å². The van der Waals surface area contributed by atoms with E-state index in [-0.39, 0.29) is 5.91 Å². The van der Waals surface area contributed by atoms with Gasteiger partial charge >= 0.3 is 0 Å². The Bertz CT molecular complexity index is 858. The lowest BCUT2D eigenvalue weighted by atomic mass is 9.92. The third-order valence-electron chi connectivity index (χ3n) is 4.95. The molecule has 3 heterocycles. The molecule has 25 heavy (non-hydrogen) atoms. The number of amides is 1. The Hall–Kier alpha value is -2.69. The summed E-state index contributed by atoms with van der Waals surface area (Å²) in [6, 6.07) is 12.0. The average molecular weight is 334 g/mol. The molecule has 0 unspecified atom stereocenters. The molecule has 5 nitrogen and oxygen atoms in total. The van der Waals surface area contributed by atoms with Crippen molar-refractivity contribution < 1.29 is 4.79 Å². The molecule has 128 valence electrons. The molecule has 0 saturated carbocycles. The fourth-order valence-corrected chi connectivity index (χ4v) is 3.69. The van der Waals surface area contributed by atoms with E-state index in [1.54, 1.807) is 12.5 Å². The van der Waals surface area contributed by atoms with E-state index in [4.69, 9.17) is 0 Å². The van der Waals surface area contributed by atoms with Crippen molar-refractivity contribution in [2.24, 2.45) is 5.92 Å². The molecule has 1 amide bonds. The molecule has 1 atom stereocenters. The molecule has 0 bridgehead atoms. The van der Waals surface area contributed by atoms with E-state index < -0.39 is 0 Å². The molecule has 2 aromatic heterocycles. The van der Waals surface area contributed by atoms with Crippen molar-refractivity contribution in [1.29, 1.82) is 0 Å². The number of imidazole rings is 1. The zero-order valence-electron chi connectivity index (χ0n) is 14.2. The highest BCUT2D eigenvalue weighted by atomic mass is 16.2. The molecular formula is C20H22N4O. The van der Waals surface area contributed by atoms with Gasteiger partial charge in [0.25, 0.3) is 0 Å². The second kappa shape index (κ2) is 7.05. The highest BCUT2D eigenvalue weighted by Crippen LogP contribution is 2.21. The quantitative estimate of drug-likeness (QED) is 0.737. The van der Waals surface area contributed by atoms with Crippen molar-refractivity contribution in [3.63, 3.8) is 0 Å². The lowest BCUT2D eigenvalue weighted by Gasteiger charge is -2.33. The van der Waals surface area contributed by atoms with E-state index >= 15 is 0 Å². The second-order valence-electron chi connectivity index (χ2n) is 6.77. The van der Waals surface area contributed by atoms with Crippen LogP contribution in [0.15, 0.2) is 55.1 Å². The summed E-state index contributed by atoms with van der Waals surface area (Å²) in [6.45, 7) is 2.05. The van der Waals surface area contributed by atoms with E-state index in [1.165, 1.54) is 12.0 Å². The number of pyridine rings is 1. The molecule has 1 aliphatic heterocycles. The summed E-state index contributed by atoms with van der Waals surface area (Å²) in [6.07, 6.45) is 8.73. The van der Waals surface area contributed by atoms with Gasteiger partial charge in [-0.15, -0.1) is 0 Å². The predicted octanol–water partition coefficient (Wildman–Crippen LogP) is 2.91. The Morgan fingerprint density at radius 3 is 3.00 bits per heavy atom. The lowest BCUT2D eigenvalue weighted by Crippen LogP contribution is -2.42. The first kappa shape index (κ1) is 15.8.